The van der Waals surface area contributed by atoms with Gasteiger partial charge in [-0.25, -0.2) is 0 Å². The molecule has 1 aromatic rings. The Hall–Kier alpha value is -1.09. The minimum Gasteiger partial charge on any atom is -0.348 e. The maximum atomic E-state index is 12.2. The van der Waals surface area contributed by atoms with Crippen molar-refractivity contribution < 1.29 is 4.79 Å². The van der Waals surface area contributed by atoms with Crippen LogP contribution in [0.5, 0.6) is 0 Å². The number of hydrogen-bond acceptors (Lipinski definition) is 2. The second-order valence-electron chi connectivity index (χ2n) is 4.97. The number of aromatic nitrogens is 1. The number of nitrogens with zero attached hydrogens (tertiary/aromatic N) is 1. The van der Waals surface area contributed by atoms with Crippen LogP contribution in [-0.4, -0.2) is 22.3 Å². The van der Waals surface area contributed by atoms with E-state index in [-0.39, 0.29) is 17.3 Å². The van der Waals surface area contributed by atoms with Crippen LogP contribution in [0, 0.1) is 13.8 Å². The molecule has 0 aliphatic heterocycles. The molecule has 98 valence electrons. The van der Waals surface area contributed by atoms with Crippen molar-refractivity contribution in [3.63, 3.8) is 0 Å². The van der Waals surface area contributed by atoms with Crippen LogP contribution in [0.15, 0.2) is 12.1 Å². The van der Waals surface area contributed by atoms with E-state index in [0.717, 1.165) is 37.1 Å². The molecule has 0 bridgehead atoms. The molecule has 0 spiro atoms. The van der Waals surface area contributed by atoms with Crippen molar-refractivity contribution in [2.75, 3.05) is 0 Å². The summed E-state index contributed by atoms with van der Waals surface area (Å²) in [6, 6.07) is 3.79. The zero-order chi connectivity index (χ0) is 13.1. The van der Waals surface area contributed by atoms with Gasteiger partial charge in [-0.1, -0.05) is 12.8 Å². The van der Waals surface area contributed by atoms with Crippen molar-refractivity contribution >= 4 is 17.5 Å². The summed E-state index contributed by atoms with van der Waals surface area (Å²) in [4.78, 5) is 16.5. The van der Waals surface area contributed by atoms with Gasteiger partial charge in [-0.2, -0.15) is 0 Å². The fourth-order valence-corrected chi connectivity index (χ4v) is 2.76. The van der Waals surface area contributed by atoms with Gasteiger partial charge in [-0.05, 0) is 38.8 Å². The Balaban J connectivity index is 2.07. The van der Waals surface area contributed by atoms with Crippen molar-refractivity contribution in [3.8, 4) is 0 Å². The standard InChI is InChI=1S/C14H19ClN2O/c1-9-7-8-11(10(2)16-9)14(18)17-13-6-4-3-5-12(13)15/h7-8,12-13H,3-6H2,1-2H3,(H,17,18). The Labute approximate surface area is 113 Å². The number of pyridine rings is 1. The Morgan fingerprint density at radius 3 is 2.72 bits per heavy atom. The second-order valence-corrected chi connectivity index (χ2v) is 5.53. The van der Waals surface area contributed by atoms with Crippen LogP contribution >= 0.6 is 11.6 Å². The highest BCUT2D eigenvalue weighted by atomic mass is 35.5. The molecule has 1 saturated carbocycles. The topological polar surface area (TPSA) is 42.0 Å². The Bertz CT molecular complexity index is 447. The fourth-order valence-electron chi connectivity index (χ4n) is 2.42. The predicted octanol–water partition coefficient (Wildman–Crippen LogP) is 2.98. The highest BCUT2D eigenvalue weighted by Crippen LogP contribution is 2.23. The van der Waals surface area contributed by atoms with E-state index < -0.39 is 0 Å². The monoisotopic (exact) mass is 266 g/mol. The Morgan fingerprint density at radius 2 is 2.06 bits per heavy atom. The minimum absolute atomic E-state index is 0.0569. The molecule has 1 heterocycles. The number of carbonyl (C=O) groups is 1. The molecular formula is C14H19ClN2O. The first-order valence-corrected chi connectivity index (χ1v) is 6.91. The zero-order valence-electron chi connectivity index (χ0n) is 10.9. The smallest absolute Gasteiger partial charge is 0.253 e. The van der Waals surface area contributed by atoms with Gasteiger partial charge in [0.1, 0.15) is 0 Å². The maximum absolute atomic E-state index is 12.2. The van der Waals surface area contributed by atoms with Crippen molar-refractivity contribution in [3.05, 3.63) is 29.1 Å². The molecule has 0 aromatic carbocycles. The van der Waals surface area contributed by atoms with Gasteiger partial charge in [0.15, 0.2) is 0 Å². The number of alkyl halides is 1. The van der Waals surface area contributed by atoms with Crippen LogP contribution in [0.1, 0.15) is 47.4 Å². The summed E-state index contributed by atoms with van der Waals surface area (Å²) in [7, 11) is 0. The van der Waals surface area contributed by atoms with E-state index in [1.54, 1.807) is 0 Å². The van der Waals surface area contributed by atoms with E-state index in [4.69, 9.17) is 11.6 Å². The fraction of sp³-hybridized carbons (Fsp3) is 0.571. The quantitative estimate of drug-likeness (QED) is 0.836. The molecule has 1 N–H and O–H groups in total. The first kappa shape index (κ1) is 13.3. The van der Waals surface area contributed by atoms with Gasteiger partial charge in [0.2, 0.25) is 0 Å². The van der Waals surface area contributed by atoms with Gasteiger partial charge in [-0.3, -0.25) is 9.78 Å². The zero-order valence-corrected chi connectivity index (χ0v) is 11.6. The third-order valence-corrected chi connectivity index (χ3v) is 3.99. The van der Waals surface area contributed by atoms with Crippen LogP contribution in [0.2, 0.25) is 0 Å². The van der Waals surface area contributed by atoms with E-state index in [1.807, 2.05) is 26.0 Å². The van der Waals surface area contributed by atoms with Gasteiger partial charge in [0.05, 0.1) is 16.6 Å². The molecule has 0 radical (unpaired) electrons. The SMILES string of the molecule is Cc1ccc(C(=O)NC2CCCCC2Cl)c(C)n1. The van der Waals surface area contributed by atoms with Crippen LogP contribution < -0.4 is 5.32 Å². The van der Waals surface area contributed by atoms with Crippen LogP contribution in [0.4, 0.5) is 0 Å². The summed E-state index contributed by atoms with van der Waals surface area (Å²) in [5.74, 6) is -0.0578. The molecule has 1 aromatic heterocycles. The predicted molar refractivity (Wildman–Crippen MR) is 73.1 cm³/mol. The average molecular weight is 267 g/mol. The van der Waals surface area contributed by atoms with Gasteiger partial charge in [0, 0.05) is 11.7 Å². The van der Waals surface area contributed by atoms with E-state index in [2.05, 4.69) is 10.3 Å². The van der Waals surface area contributed by atoms with Crippen molar-refractivity contribution in [2.45, 2.75) is 50.9 Å². The number of rotatable bonds is 2. The molecule has 1 aliphatic carbocycles. The summed E-state index contributed by atoms with van der Waals surface area (Å²) in [6.45, 7) is 3.78. The molecule has 3 nitrogen and oxygen atoms in total. The van der Waals surface area contributed by atoms with Gasteiger partial charge in [-0.15, -0.1) is 11.6 Å². The van der Waals surface area contributed by atoms with Gasteiger partial charge >= 0.3 is 0 Å². The molecule has 18 heavy (non-hydrogen) atoms. The lowest BCUT2D eigenvalue weighted by Gasteiger charge is -2.28. The molecule has 2 unspecified atom stereocenters. The molecule has 1 amide bonds. The molecular weight excluding hydrogens is 248 g/mol. The number of aryl methyl sites for hydroxylation is 2. The van der Waals surface area contributed by atoms with E-state index >= 15 is 0 Å². The Kier molecular flexibility index (Phi) is 4.23. The van der Waals surface area contributed by atoms with Crippen molar-refractivity contribution in [1.29, 1.82) is 0 Å². The van der Waals surface area contributed by atoms with E-state index in [1.165, 1.54) is 0 Å². The minimum atomic E-state index is -0.0578. The third-order valence-electron chi connectivity index (χ3n) is 3.47. The van der Waals surface area contributed by atoms with Crippen molar-refractivity contribution in [1.82, 2.24) is 10.3 Å². The molecule has 0 saturated heterocycles. The number of amides is 1. The second kappa shape index (κ2) is 5.70. The lowest BCUT2D eigenvalue weighted by Crippen LogP contribution is -2.43. The summed E-state index contributed by atoms with van der Waals surface area (Å²) in [5, 5.41) is 3.09. The van der Waals surface area contributed by atoms with Crippen molar-refractivity contribution in [2.24, 2.45) is 0 Å². The largest absolute Gasteiger partial charge is 0.348 e. The number of halogens is 1. The van der Waals surface area contributed by atoms with E-state index in [9.17, 15) is 4.79 Å². The summed E-state index contributed by atoms with van der Waals surface area (Å²) < 4.78 is 0. The molecule has 4 heteroatoms. The van der Waals surface area contributed by atoms with E-state index in [0.29, 0.717) is 5.56 Å². The van der Waals surface area contributed by atoms with Gasteiger partial charge in [0.25, 0.3) is 5.91 Å². The van der Waals surface area contributed by atoms with Crippen LogP contribution in [0.25, 0.3) is 0 Å². The lowest BCUT2D eigenvalue weighted by atomic mass is 9.94. The molecule has 1 fully saturated rings. The number of carbonyl (C=O) groups excluding carboxylic acids is 1. The average Bonchev–Trinajstić information content (AvgIpc) is 2.32. The first-order chi connectivity index (χ1) is 8.58. The molecule has 2 rings (SSSR count). The van der Waals surface area contributed by atoms with Gasteiger partial charge < -0.3 is 5.32 Å². The normalized spacial score (nSPS) is 23.7. The lowest BCUT2D eigenvalue weighted by molar-refractivity contribution is 0.0927. The first-order valence-electron chi connectivity index (χ1n) is 6.47. The van der Waals surface area contributed by atoms with Crippen LogP contribution in [-0.2, 0) is 0 Å². The highest BCUT2D eigenvalue weighted by molar-refractivity contribution is 6.21. The summed E-state index contributed by atoms with van der Waals surface area (Å²) >= 11 is 6.25. The van der Waals surface area contributed by atoms with Crippen LogP contribution in [0.3, 0.4) is 0 Å². The molecule has 1 aliphatic rings. The Morgan fingerprint density at radius 1 is 1.33 bits per heavy atom. The molecule has 2 atom stereocenters. The summed E-state index contributed by atoms with van der Waals surface area (Å²) in [5.41, 5.74) is 2.35. The summed E-state index contributed by atoms with van der Waals surface area (Å²) in [6.07, 6.45) is 4.25. The number of nitrogens with one attached hydrogen (secondary N) is 1. The third kappa shape index (κ3) is 3.02. The highest BCUT2D eigenvalue weighted by Gasteiger charge is 2.25. The maximum Gasteiger partial charge on any atom is 0.253 e. The number of hydrogen-bond donors (Lipinski definition) is 1.